The number of benzene rings is 1. The first-order valence-electron chi connectivity index (χ1n) is 3.29. The standard InChI is InChI=1S/C7H9N3OS/c8-10-7(12)9-5-1-3-6(11)4-2-5/h1-4,11H,8H2,(H2,9,10,12). The topological polar surface area (TPSA) is 70.3 Å². The fraction of sp³-hybridized carbons (Fsp3) is 0. The monoisotopic (exact) mass is 183 g/mol. The van der Waals surface area contributed by atoms with Crippen LogP contribution in [0.5, 0.6) is 5.75 Å². The zero-order valence-electron chi connectivity index (χ0n) is 6.24. The number of rotatable bonds is 1. The lowest BCUT2D eigenvalue weighted by molar-refractivity contribution is 0.475. The summed E-state index contributed by atoms with van der Waals surface area (Å²) in [7, 11) is 0. The van der Waals surface area contributed by atoms with Crippen LogP contribution in [0.1, 0.15) is 0 Å². The Morgan fingerprint density at radius 2 is 1.92 bits per heavy atom. The van der Waals surface area contributed by atoms with Crippen molar-refractivity contribution in [2.75, 3.05) is 5.32 Å². The highest BCUT2D eigenvalue weighted by Crippen LogP contribution is 2.13. The minimum absolute atomic E-state index is 0.215. The predicted molar refractivity (Wildman–Crippen MR) is 51.7 cm³/mol. The molecule has 0 amide bonds. The number of phenolic OH excluding ortho intramolecular Hbond substituents is 1. The Morgan fingerprint density at radius 3 is 2.42 bits per heavy atom. The molecule has 0 saturated carbocycles. The summed E-state index contributed by atoms with van der Waals surface area (Å²) in [5.74, 6) is 5.26. The number of hydrogen-bond donors (Lipinski definition) is 4. The van der Waals surface area contributed by atoms with E-state index in [1.165, 1.54) is 0 Å². The van der Waals surface area contributed by atoms with Crippen LogP contribution in [-0.2, 0) is 0 Å². The summed E-state index contributed by atoms with van der Waals surface area (Å²) in [4.78, 5) is 0. The lowest BCUT2D eigenvalue weighted by Crippen LogP contribution is -2.34. The highest BCUT2D eigenvalue weighted by atomic mass is 32.1. The van der Waals surface area contributed by atoms with Gasteiger partial charge >= 0.3 is 0 Å². The Labute approximate surface area is 75.4 Å². The average molecular weight is 183 g/mol. The second kappa shape index (κ2) is 3.89. The summed E-state index contributed by atoms with van der Waals surface area (Å²) in [6, 6.07) is 6.50. The highest BCUT2D eigenvalue weighted by Gasteiger charge is 1.93. The molecule has 4 nitrogen and oxygen atoms in total. The van der Waals surface area contributed by atoms with Crippen LogP contribution in [0.3, 0.4) is 0 Å². The summed E-state index contributed by atoms with van der Waals surface area (Å²) in [6.07, 6.45) is 0. The number of hydrogen-bond acceptors (Lipinski definition) is 3. The Kier molecular flexibility index (Phi) is 2.84. The second-order valence-corrected chi connectivity index (χ2v) is 2.55. The first-order valence-corrected chi connectivity index (χ1v) is 3.70. The molecule has 0 spiro atoms. The maximum Gasteiger partial charge on any atom is 0.185 e. The van der Waals surface area contributed by atoms with Crippen molar-refractivity contribution in [1.29, 1.82) is 0 Å². The van der Waals surface area contributed by atoms with Gasteiger partial charge in [0, 0.05) is 5.69 Å². The Bertz CT molecular complexity index is 272. The number of aromatic hydroxyl groups is 1. The smallest absolute Gasteiger partial charge is 0.185 e. The van der Waals surface area contributed by atoms with Gasteiger partial charge in [0.05, 0.1) is 0 Å². The summed E-state index contributed by atoms with van der Waals surface area (Å²) in [5, 5.41) is 12.1. The van der Waals surface area contributed by atoms with E-state index in [4.69, 9.17) is 23.2 Å². The lowest BCUT2D eigenvalue weighted by atomic mass is 10.3. The van der Waals surface area contributed by atoms with Crippen LogP contribution < -0.4 is 16.6 Å². The van der Waals surface area contributed by atoms with Gasteiger partial charge in [-0.15, -0.1) is 0 Å². The minimum atomic E-state index is 0.215. The zero-order valence-corrected chi connectivity index (χ0v) is 7.06. The number of hydrazine groups is 1. The SMILES string of the molecule is NNC(=S)Nc1ccc(O)cc1. The molecule has 0 aromatic heterocycles. The van der Waals surface area contributed by atoms with Crippen LogP contribution in [0.25, 0.3) is 0 Å². The Hall–Kier alpha value is -1.33. The molecule has 0 heterocycles. The molecule has 0 radical (unpaired) electrons. The maximum absolute atomic E-state index is 8.95. The minimum Gasteiger partial charge on any atom is -0.508 e. The van der Waals surface area contributed by atoms with Crippen molar-refractivity contribution in [3.63, 3.8) is 0 Å². The van der Waals surface area contributed by atoms with Gasteiger partial charge in [-0.1, -0.05) is 0 Å². The van der Waals surface area contributed by atoms with Crippen molar-refractivity contribution in [3.8, 4) is 5.75 Å². The molecule has 0 aliphatic rings. The van der Waals surface area contributed by atoms with E-state index in [1.54, 1.807) is 24.3 Å². The molecule has 0 aliphatic carbocycles. The van der Waals surface area contributed by atoms with Gasteiger partial charge in [0.15, 0.2) is 5.11 Å². The van der Waals surface area contributed by atoms with E-state index in [0.717, 1.165) is 5.69 Å². The average Bonchev–Trinajstić information content (AvgIpc) is 2.09. The Balaban J connectivity index is 2.64. The fourth-order valence-corrected chi connectivity index (χ4v) is 0.830. The second-order valence-electron chi connectivity index (χ2n) is 2.15. The lowest BCUT2D eigenvalue weighted by Gasteiger charge is -2.05. The number of nitrogens with two attached hydrogens (primary N) is 1. The van der Waals surface area contributed by atoms with Crippen LogP contribution in [0, 0.1) is 0 Å². The van der Waals surface area contributed by atoms with E-state index in [1.807, 2.05) is 0 Å². The van der Waals surface area contributed by atoms with Gasteiger partial charge in [0.25, 0.3) is 0 Å². The van der Waals surface area contributed by atoms with Crippen molar-refractivity contribution < 1.29 is 5.11 Å². The van der Waals surface area contributed by atoms with Crippen LogP contribution in [0.2, 0.25) is 0 Å². The quantitative estimate of drug-likeness (QED) is 0.221. The van der Waals surface area contributed by atoms with Crippen LogP contribution in [-0.4, -0.2) is 10.2 Å². The third kappa shape index (κ3) is 2.37. The third-order valence-corrected chi connectivity index (χ3v) is 1.48. The van der Waals surface area contributed by atoms with Crippen LogP contribution in [0.15, 0.2) is 24.3 Å². The van der Waals surface area contributed by atoms with E-state index in [0.29, 0.717) is 5.11 Å². The van der Waals surface area contributed by atoms with Crippen molar-refractivity contribution in [3.05, 3.63) is 24.3 Å². The molecule has 0 fully saturated rings. The number of phenols is 1. The van der Waals surface area contributed by atoms with Crippen molar-refractivity contribution in [1.82, 2.24) is 5.43 Å². The molecule has 12 heavy (non-hydrogen) atoms. The largest absolute Gasteiger partial charge is 0.508 e. The summed E-state index contributed by atoms with van der Waals surface area (Å²) in [5.41, 5.74) is 3.06. The molecule has 0 atom stereocenters. The molecule has 0 saturated heterocycles. The number of thiocarbonyl (C=S) groups is 1. The van der Waals surface area contributed by atoms with Crippen LogP contribution in [0.4, 0.5) is 5.69 Å². The molecular formula is C7H9N3OS. The van der Waals surface area contributed by atoms with E-state index in [9.17, 15) is 0 Å². The normalized spacial score (nSPS) is 9.08. The zero-order chi connectivity index (χ0) is 8.97. The predicted octanol–water partition coefficient (Wildman–Crippen LogP) is 0.552. The Morgan fingerprint density at radius 1 is 1.33 bits per heavy atom. The van der Waals surface area contributed by atoms with Crippen molar-refractivity contribution in [2.24, 2.45) is 5.84 Å². The summed E-state index contributed by atoms with van der Waals surface area (Å²) in [6.45, 7) is 0. The van der Waals surface area contributed by atoms with Gasteiger partial charge in [0.2, 0.25) is 0 Å². The van der Waals surface area contributed by atoms with Gasteiger partial charge < -0.3 is 15.8 Å². The summed E-state index contributed by atoms with van der Waals surface area (Å²) >= 11 is 4.76. The molecule has 0 unspecified atom stereocenters. The van der Waals surface area contributed by atoms with E-state index in [-0.39, 0.29) is 5.75 Å². The molecule has 1 aromatic rings. The summed E-state index contributed by atoms with van der Waals surface area (Å²) < 4.78 is 0. The molecule has 1 aromatic carbocycles. The third-order valence-electron chi connectivity index (χ3n) is 1.26. The highest BCUT2D eigenvalue weighted by molar-refractivity contribution is 7.80. The first kappa shape index (κ1) is 8.76. The van der Waals surface area contributed by atoms with E-state index < -0.39 is 0 Å². The molecule has 0 aliphatic heterocycles. The first-order chi connectivity index (χ1) is 5.72. The van der Waals surface area contributed by atoms with Gasteiger partial charge in [-0.25, -0.2) is 5.84 Å². The van der Waals surface area contributed by atoms with Gasteiger partial charge in [-0.2, -0.15) is 0 Å². The van der Waals surface area contributed by atoms with Gasteiger partial charge in [-0.3, -0.25) is 0 Å². The number of anilines is 1. The molecule has 0 bridgehead atoms. The van der Waals surface area contributed by atoms with E-state index >= 15 is 0 Å². The van der Waals surface area contributed by atoms with Gasteiger partial charge in [-0.05, 0) is 36.5 Å². The van der Waals surface area contributed by atoms with Crippen molar-refractivity contribution in [2.45, 2.75) is 0 Å². The van der Waals surface area contributed by atoms with E-state index in [2.05, 4.69) is 10.7 Å². The molecule has 5 N–H and O–H groups in total. The molecule has 1 rings (SSSR count). The fourth-order valence-electron chi connectivity index (χ4n) is 0.712. The van der Waals surface area contributed by atoms with Crippen LogP contribution >= 0.6 is 12.2 Å². The number of nitrogens with one attached hydrogen (secondary N) is 2. The molecule has 5 heteroatoms. The maximum atomic E-state index is 8.95. The molecule has 64 valence electrons. The van der Waals surface area contributed by atoms with Gasteiger partial charge in [0.1, 0.15) is 5.75 Å². The molecular weight excluding hydrogens is 174 g/mol. The van der Waals surface area contributed by atoms with Crippen molar-refractivity contribution >= 4 is 23.0 Å².